The Bertz CT molecular complexity index is 2100. The van der Waals surface area contributed by atoms with Crippen LogP contribution in [0.25, 0.3) is 0 Å². The second-order valence-electron chi connectivity index (χ2n) is 15.0. The summed E-state index contributed by atoms with van der Waals surface area (Å²) in [6, 6.07) is 42.0. The Hall–Kier alpha value is -1.21. The molecule has 5 aromatic carbocycles. The minimum Gasteiger partial charge on any atom is 0 e. The van der Waals surface area contributed by atoms with Crippen LogP contribution >= 0.6 is 31.9 Å². The van der Waals surface area contributed by atoms with Crippen LogP contribution in [0.4, 0.5) is 43.7 Å². The number of para-hydroxylation sites is 1. The van der Waals surface area contributed by atoms with E-state index in [1.807, 2.05) is 75.4 Å². The Labute approximate surface area is 465 Å². The number of nitrogens with one attached hydrogen (secondary N) is 2. The molecule has 3 amide bonds. The van der Waals surface area contributed by atoms with Crippen molar-refractivity contribution in [3.63, 3.8) is 0 Å². The van der Waals surface area contributed by atoms with E-state index in [9.17, 15) is 9.59 Å². The number of piperazine rings is 2. The standard InChI is InChI=1S/C24H33BrN4O2.C23H22BrN3O2.CH4.B.2K.W/c1-18(2)29(17-19(3)31-4)24(30)26-21-7-11-23(12-8-21)28-15-13-27(14-16-28)22-9-5-20(25)6-10-22;24-18-6-10-20(11-7-18)26-14-16-27(17-15-26)21-12-8-19(9-13-21)25-23(28)29-22-4-2-1-3-5-22;;;;;/h5-12,18-19H,13-17H2,1-4H3,(H,26,30);1-13H,14-17H2,(H,25,28);1H4;;;;. The summed E-state index contributed by atoms with van der Waals surface area (Å²) in [7, 11) is 1.67. The van der Waals surface area contributed by atoms with Gasteiger partial charge in [-0.1, -0.05) is 57.5 Å². The molecule has 17 heteroatoms. The summed E-state index contributed by atoms with van der Waals surface area (Å²) in [6.45, 7) is 14.3. The topological polar surface area (TPSA) is 92.9 Å². The number of halogens is 2. The zero-order valence-electron chi connectivity index (χ0n) is 37.8. The van der Waals surface area contributed by atoms with E-state index in [2.05, 4.69) is 123 Å². The van der Waals surface area contributed by atoms with Crippen molar-refractivity contribution in [1.29, 1.82) is 0 Å². The molecule has 11 nitrogen and oxygen atoms in total. The Morgan fingerprint density at radius 2 is 0.938 bits per heavy atom. The van der Waals surface area contributed by atoms with Crippen molar-refractivity contribution in [3.8, 4) is 5.75 Å². The number of methoxy groups -OCH3 is 1. The maximum absolute atomic E-state index is 12.7. The fourth-order valence-corrected chi connectivity index (χ4v) is 7.60. The van der Waals surface area contributed by atoms with E-state index in [-0.39, 0.29) is 55.1 Å². The van der Waals surface area contributed by atoms with Crippen LogP contribution in [0.3, 0.4) is 0 Å². The molecule has 0 saturated carbocycles. The number of hydrogen-bond acceptors (Lipinski definition) is 8. The molecule has 335 valence electrons. The van der Waals surface area contributed by atoms with E-state index in [0.717, 1.165) is 72.7 Å². The fraction of sp³-hybridized carbons (Fsp3) is 0.333. The number of amides is 3. The van der Waals surface area contributed by atoms with Gasteiger partial charge in [-0.2, -0.15) is 0 Å². The first-order chi connectivity index (χ1) is 30.0. The molecule has 7 rings (SSSR count). The van der Waals surface area contributed by atoms with E-state index in [4.69, 9.17) is 9.47 Å². The number of rotatable bonds is 11. The molecular weight excluding hydrogens is 1170 g/mol. The molecule has 3 radical (unpaired) electrons. The van der Waals surface area contributed by atoms with Gasteiger partial charge in [0.15, 0.2) is 0 Å². The second-order valence-corrected chi connectivity index (χ2v) is 16.9. The average Bonchev–Trinajstić information content (AvgIpc) is 3.30. The molecule has 5 aromatic rings. The molecule has 0 aliphatic carbocycles. The zero-order valence-corrected chi connectivity index (χ0v) is 50.1. The van der Waals surface area contributed by atoms with Gasteiger partial charge in [-0.25, -0.2) is 9.59 Å². The maximum atomic E-state index is 12.7. The van der Waals surface area contributed by atoms with Gasteiger partial charge >= 0.3 is 75.3 Å². The molecule has 1 atom stereocenters. The van der Waals surface area contributed by atoms with Crippen molar-refractivity contribution in [2.24, 2.45) is 0 Å². The summed E-state index contributed by atoms with van der Waals surface area (Å²) in [5.74, 6) is 0.519. The molecule has 1 unspecified atom stereocenters. The van der Waals surface area contributed by atoms with Gasteiger partial charge in [0.25, 0.3) is 0 Å². The van der Waals surface area contributed by atoms with Gasteiger partial charge in [-0.3, -0.25) is 5.32 Å². The third kappa shape index (κ3) is 19.6. The second kappa shape index (κ2) is 31.8. The monoisotopic (exact) mass is 1230 g/mol. The summed E-state index contributed by atoms with van der Waals surface area (Å²) in [5, 5.41) is 5.78. The number of carbonyl (C=O) groups is 2. The van der Waals surface area contributed by atoms with Gasteiger partial charge in [0.05, 0.1) is 6.10 Å². The molecule has 0 aromatic heterocycles. The number of carbonyl (C=O) groups excluding carboxylic acids is 2. The molecule has 0 bridgehead atoms. The zero-order chi connectivity index (χ0) is 44.4. The van der Waals surface area contributed by atoms with Crippen LogP contribution in [-0.2, 0) is 25.8 Å². The normalized spacial score (nSPS) is 13.5. The number of ether oxygens (including phenoxy) is 2. The average molecular weight is 1230 g/mol. The first-order valence-corrected chi connectivity index (χ1v) is 39.0. The number of hydrogen-bond donors (Lipinski definition) is 2. The third-order valence-electron chi connectivity index (χ3n) is 10.6. The fourth-order valence-electron chi connectivity index (χ4n) is 7.07. The van der Waals surface area contributed by atoms with E-state index in [1.165, 1.54) is 80.2 Å². The largest absolute Gasteiger partial charge is 0 e. The summed E-state index contributed by atoms with van der Waals surface area (Å²) in [6.07, 6.45) is -0.501. The number of benzene rings is 5. The minimum absolute atomic E-state index is 0. The van der Waals surface area contributed by atoms with E-state index >= 15 is 0 Å². The van der Waals surface area contributed by atoms with Crippen LogP contribution in [0.15, 0.2) is 136 Å². The predicted octanol–water partition coefficient (Wildman–Crippen LogP) is 9.93. The van der Waals surface area contributed by atoms with E-state index in [1.54, 1.807) is 24.1 Å². The molecule has 2 heterocycles. The van der Waals surface area contributed by atoms with Crippen LogP contribution in [0.5, 0.6) is 5.75 Å². The maximum Gasteiger partial charge on any atom is 0 e. The van der Waals surface area contributed by atoms with Crippen LogP contribution in [-0.4, -0.2) is 167 Å². The van der Waals surface area contributed by atoms with Crippen molar-refractivity contribution < 1.29 is 40.1 Å². The van der Waals surface area contributed by atoms with Crippen LogP contribution in [0.2, 0.25) is 0 Å². The summed E-state index contributed by atoms with van der Waals surface area (Å²) < 4.78 is 12.8. The molecule has 65 heavy (non-hydrogen) atoms. The molecule has 2 aliphatic rings. The third-order valence-corrected chi connectivity index (χ3v) is 11.7. The van der Waals surface area contributed by atoms with E-state index < -0.39 is 6.09 Å². The molecule has 2 aliphatic heterocycles. The molecule has 2 N–H and O–H groups in total. The first-order valence-electron chi connectivity index (χ1n) is 21.4. The van der Waals surface area contributed by atoms with Gasteiger partial charge in [-0.05, 0) is 130 Å². The van der Waals surface area contributed by atoms with Gasteiger partial charge in [0.2, 0.25) is 0 Å². The van der Waals surface area contributed by atoms with Crippen molar-refractivity contribution in [2.45, 2.75) is 40.3 Å². The van der Waals surface area contributed by atoms with Crippen molar-refractivity contribution in [2.75, 3.05) is 96.2 Å². The molecular formula is C48H59BBr2K2N7O4W. The van der Waals surface area contributed by atoms with Gasteiger partial charge in [0.1, 0.15) is 5.75 Å². The van der Waals surface area contributed by atoms with Gasteiger partial charge in [0, 0.05) is 145 Å². The van der Waals surface area contributed by atoms with Gasteiger partial charge < -0.3 is 39.3 Å². The SMILES string of the molecule is C.COC(C)CN(C(=O)Nc1ccc(N2CCN(c3ccc(Br)cc3)CC2)cc1)C(C)C.O=C(Nc1ccc(N2CCN(c3ccc(Br)cc3)CC2)cc1)Oc1ccccc1.[B].[K][K].[W]. The Morgan fingerprint density at radius 3 is 1.28 bits per heavy atom. The Kier molecular flexibility index (Phi) is 29.3. The first kappa shape index (κ1) is 59.9. The number of anilines is 6. The Balaban J connectivity index is 0.000000413. The van der Waals surface area contributed by atoms with Gasteiger partial charge in [-0.15, -0.1) is 0 Å². The van der Waals surface area contributed by atoms with Crippen LogP contribution in [0, 0.1) is 0 Å². The van der Waals surface area contributed by atoms with Crippen LogP contribution < -0.4 is 35.0 Å². The van der Waals surface area contributed by atoms with Crippen molar-refractivity contribution in [1.82, 2.24) is 4.90 Å². The Morgan fingerprint density at radius 1 is 0.600 bits per heavy atom. The smallest absolute Gasteiger partial charge is 0 e. The molecule has 2 fully saturated rings. The minimum atomic E-state index is -0.493. The van der Waals surface area contributed by atoms with Crippen molar-refractivity contribution >= 4 is 150 Å². The number of urea groups is 1. The van der Waals surface area contributed by atoms with E-state index in [0.29, 0.717) is 18.0 Å². The quantitative estimate of drug-likeness (QED) is 0.127. The van der Waals surface area contributed by atoms with Crippen LogP contribution in [0.1, 0.15) is 28.2 Å². The summed E-state index contributed by atoms with van der Waals surface area (Å²) in [4.78, 5) is 36.1. The van der Waals surface area contributed by atoms with Crippen molar-refractivity contribution in [3.05, 3.63) is 136 Å². The summed E-state index contributed by atoms with van der Waals surface area (Å²) in [5.41, 5.74) is 6.37. The summed E-state index contributed by atoms with van der Waals surface area (Å²) >= 11 is 9.48. The molecule has 2 saturated heterocycles. The predicted molar refractivity (Wildman–Crippen MR) is 277 cm³/mol. The number of nitrogens with zero attached hydrogens (tertiary/aromatic N) is 5. The molecule has 0 spiro atoms.